The number of carbonyl (C=O) groups excluding carboxylic acids is 1. The van der Waals surface area contributed by atoms with E-state index in [2.05, 4.69) is 15.8 Å². The van der Waals surface area contributed by atoms with Gasteiger partial charge >= 0.3 is 0 Å². The van der Waals surface area contributed by atoms with Crippen molar-refractivity contribution in [3.8, 4) is 0 Å². The molecule has 116 valence electrons. The molecule has 1 amide bonds. The van der Waals surface area contributed by atoms with Crippen molar-refractivity contribution >= 4 is 11.7 Å². The Hall–Kier alpha value is -2.08. The van der Waals surface area contributed by atoms with Gasteiger partial charge in [0.05, 0.1) is 0 Å². The molecule has 5 N–H and O–H groups in total. The summed E-state index contributed by atoms with van der Waals surface area (Å²) < 4.78 is 0. The van der Waals surface area contributed by atoms with Crippen LogP contribution in [0.2, 0.25) is 0 Å². The molecule has 0 aromatic heterocycles. The Morgan fingerprint density at radius 3 is 2.76 bits per heavy atom. The Labute approximate surface area is 125 Å². The van der Waals surface area contributed by atoms with Gasteiger partial charge in [0.15, 0.2) is 5.84 Å². The molecule has 1 rings (SSSR count). The molecule has 1 aromatic rings. The van der Waals surface area contributed by atoms with Crippen LogP contribution in [0.3, 0.4) is 0 Å². The number of aryl methyl sites for hydroxylation is 1. The minimum atomic E-state index is 0.0725. The van der Waals surface area contributed by atoms with Gasteiger partial charge in [-0.2, -0.15) is 0 Å². The zero-order valence-electron chi connectivity index (χ0n) is 12.6. The standard InChI is InChI=1S/C15H24N4O2/c1-3-7-18-14(20)6-8-17-10-13-5-4-12(9-11(13)2)15(16)19-21/h4-5,9,17,21H,3,6-8,10H2,1-2H3,(H2,16,19)(H,18,20). The second-order valence-electron chi connectivity index (χ2n) is 4.90. The molecule has 0 unspecified atom stereocenters. The van der Waals surface area contributed by atoms with Crippen LogP contribution in [-0.4, -0.2) is 30.0 Å². The minimum Gasteiger partial charge on any atom is -0.409 e. The van der Waals surface area contributed by atoms with E-state index in [-0.39, 0.29) is 11.7 Å². The van der Waals surface area contributed by atoms with E-state index in [0.29, 0.717) is 25.1 Å². The Bertz CT molecular complexity index is 500. The van der Waals surface area contributed by atoms with Gasteiger partial charge in [0.1, 0.15) is 0 Å². The van der Waals surface area contributed by atoms with Gasteiger partial charge in [-0.05, 0) is 30.5 Å². The van der Waals surface area contributed by atoms with Crippen LogP contribution in [0, 0.1) is 6.92 Å². The number of amidine groups is 1. The molecule has 21 heavy (non-hydrogen) atoms. The first kappa shape index (κ1) is 17.0. The van der Waals surface area contributed by atoms with Crippen LogP contribution in [0.5, 0.6) is 0 Å². The number of benzene rings is 1. The summed E-state index contributed by atoms with van der Waals surface area (Å²) in [5.74, 6) is 0.175. The topological polar surface area (TPSA) is 99.7 Å². The number of hydrogen-bond acceptors (Lipinski definition) is 4. The molecule has 0 saturated carbocycles. The molecular weight excluding hydrogens is 268 g/mol. The van der Waals surface area contributed by atoms with E-state index in [1.165, 1.54) is 0 Å². The zero-order valence-corrected chi connectivity index (χ0v) is 12.6. The molecule has 0 aliphatic heterocycles. The third kappa shape index (κ3) is 5.83. The van der Waals surface area contributed by atoms with Crippen LogP contribution in [-0.2, 0) is 11.3 Å². The van der Waals surface area contributed by atoms with Crippen LogP contribution in [0.25, 0.3) is 0 Å². The molecule has 6 nitrogen and oxygen atoms in total. The fourth-order valence-electron chi connectivity index (χ4n) is 1.89. The van der Waals surface area contributed by atoms with Crippen LogP contribution in [0.1, 0.15) is 36.5 Å². The maximum atomic E-state index is 11.4. The molecule has 6 heteroatoms. The first-order valence-corrected chi connectivity index (χ1v) is 7.13. The lowest BCUT2D eigenvalue weighted by Gasteiger charge is -2.09. The SMILES string of the molecule is CCCNC(=O)CCNCc1ccc(/C(N)=N/O)cc1C. The van der Waals surface area contributed by atoms with Gasteiger partial charge in [0.2, 0.25) is 5.91 Å². The smallest absolute Gasteiger partial charge is 0.221 e. The predicted octanol–water partition coefficient (Wildman–Crippen LogP) is 1.10. The summed E-state index contributed by atoms with van der Waals surface area (Å²) in [5, 5.41) is 17.7. The molecule has 1 aromatic carbocycles. The molecular formula is C15H24N4O2. The van der Waals surface area contributed by atoms with Gasteiger partial charge in [-0.15, -0.1) is 0 Å². The van der Waals surface area contributed by atoms with E-state index >= 15 is 0 Å². The van der Waals surface area contributed by atoms with Crippen molar-refractivity contribution in [1.29, 1.82) is 0 Å². The van der Waals surface area contributed by atoms with Gasteiger partial charge in [-0.3, -0.25) is 4.79 Å². The summed E-state index contributed by atoms with van der Waals surface area (Å²) in [7, 11) is 0. The number of nitrogens with zero attached hydrogens (tertiary/aromatic N) is 1. The average Bonchev–Trinajstić information content (AvgIpc) is 2.49. The quantitative estimate of drug-likeness (QED) is 0.189. The lowest BCUT2D eigenvalue weighted by Crippen LogP contribution is -2.28. The Kier molecular flexibility index (Phi) is 7.25. The van der Waals surface area contributed by atoms with E-state index < -0.39 is 0 Å². The second-order valence-corrected chi connectivity index (χ2v) is 4.90. The molecule has 0 bridgehead atoms. The fourth-order valence-corrected chi connectivity index (χ4v) is 1.89. The first-order valence-electron chi connectivity index (χ1n) is 7.13. The summed E-state index contributed by atoms with van der Waals surface area (Å²) in [6.45, 7) is 6.05. The Morgan fingerprint density at radius 1 is 1.38 bits per heavy atom. The molecule has 0 atom stereocenters. The summed E-state index contributed by atoms with van der Waals surface area (Å²) in [5.41, 5.74) is 8.42. The lowest BCUT2D eigenvalue weighted by molar-refractivity contribution is -0.120. The normalized spacial score (nSPS) is 11.4. The largest absolute Gasteiger partial charge is 0.409 e. The summed E-state index contributed by atoms with van der Waals surface area (Å²) in [4.78, 5) is 11.4. The van der Waals surface area contributed by atoms with Gasteiger partial charge in [0, 0.05) is 31.6 Å². The minimum absolute atomic E-state index is 0.0725. The molecule has 0 radical (unpaired) electrons. The molecule has 0 aliphatic carbocycles. The van der Waals surface area contributed by atoms with E-state index in [1.54, 1.807) is 0 Å². The van der Waals surface area contributed by atoms with Gasteiger partial charge < -0.3 is 21.6 Å². The van der Waals surface area contributed by atoms with Crippen LogP contribution in [0.15, 0.2) is 23.4 Å². The van der Waals surface area contributed by atoms with E-state index in [4.69, 9.17) is 10.9 Å². The number of rotatable bonds is 8. The van der Waals surface area contributed by atoms with Crippen LogP contribution < -0.4 is 16.4 Å². The van der Waals surface area contributed by atoms with E-state index in [1.807, 2.05) is 32.0 Å². The maximum Gasteiger partial charge on any atom is 0.221 e. The summed E-state index contributed by atoms with van der Waals surface area (Å²) >= 11 is 0. The Morgan fingerprint density at radius 2 is 2.14 bits per heavy atom. The molecule has 0 saturated heterocycles. The maximum absolute atomic E-state index is 11.4. The number of amides is 1. The number of nitrogens with two attached hydrogens (primary N) is 1. The third-order valence-corrected chi connectivity index (χ3v) is 3.16. The first-order chi connectivity index (χ1) is 10.1. The lowest BCUT2D eigenvalue weighted by atomic mass is 10.0. The monoisotopic (exact) mass is 292 g/mol. The van der Waals surface area contributed by atoms with Crippen molar-refractivity contribution in [3.05, 3.63) is 34.9 Å². The van der Waals surface area contributed by atoms with E-state index in [9.17, 15) is 4.79 Å². The van der Waals surface area contributed by atoms with Gasteiger partial charge in [-0.1, -0.05) is 24.2 Å². The molecule has 0 spiro atoms. The highest BCUT2D eigenvalue weighted by atomic mass is 16.4. The highest BCUT2D eigenvalue weighted by Gasteiger charge is 2.04. The Balaban J connectivity index is 2.41. The van der Waals surface area contributed by atoms with Crippen molar-refractivity contribution < 1.29 is 10.0 Å². The second kappa shape index (κ2) is 8.97. The number of nitrogens with one attached hydrogen (secondary N) is 2. The third-order valence-electron chi connectivity index (χ3n) is 3.16. The zero-order chi connectivity index (χ0) is 15.7. The van der Waals surface area contributed by atoms with Crippen LogP contribution in [0.4, 0.5) is 0 Å². The average molecular weight is 292 g/mol. The van der Waals surface area contributed by atoms with Crippen molar-refractivity contribution in [2.24, 2.45) is 10.9 Å². The highest BCUT2D eigenvalue weighted by Crippen LogP contribution is 2.11. The number of carbonyl (C=O) groups is 1. The summed E-state index contributed by atoms with van der Waals surface area (Å²) in [6.07, 6.45) is 1.42. The van der Waals surface area contributed by atoms with Gasteiger partial charge in [0.25, 0.3) is 0 Å². The number of oxime groups is 1. The van der Waals surface area contributed by atoms with Crippen molar-refractivity contribution in [1.82, 2.24) is 10.6 Å². The predicted molar refractivity (Wildman–Crippen MR) is 83.3 cm³/mol. The van der Waals surface area contributed by atoms with Crippen molar-refractivity contribution in [2.45, 2.75) is 33.2 Å². The van der Waals surface area contributed by atoms with E-state index in [0.717, 1.165) is 24.1 Å². The summed E-state index contributed by atoms with van der Waals surface area (Å²) in [6, 6.07) is 5.62. The molecule has 0 heterocycles. The fraction of sp³-hybridized carbons (Fsp3) is 0.467. The van der Waals surface area contributed by atoms with Gasteiger partial charge in [-0.25, -0.2) is 0 Å². The molecule has 0 aliphatic rings. The molecule has 0 fully saturated rings. The highest BCUT2D eigenvalue weighted by molar-refractivity contribution is 5.97. The number of hydrogen-bond donors (Lipinski definition) is 4. The van der Waals surface area contributed by atoms with Crippen molar-refractivity contribution in [2.75, 3.05) is 13.1 Å². The van der Waals surface area contributed by atoms with Crippen LogP contribution >= 0.6 is 0 Å². The van der Waals surface area contributed by atoms with Crippen molar-refractivity contribution in [3.63, 3.8) is 0 Å².